The van der Waals surface area contributed by atoms with Crippen molar-refractivity contribution < 1.29 is 9.90 Å². The normalized spacial score (nSPS) is 17.7. The number of urea groups is 1. The largest absolute Gasteiger partial charge is 0.383 e. The molecule has 2 amide bonds. The molecule has 1 aromatic heterocycles. The number of likely N-dealkylation sites (N-methyl/N-ethyl adjacent to an activating group) is 1. The summed E-state index contributed by atoms with van der Waals surface area (Å²) in [6.45, 7) is 0.267. The van der Waals surface area contributed by atoms with Crippen molar-refractivity contribution in [2.75, 3.05) is 29.5 Å². The SMILES string of the molecule is CN1CC(O)N(c2cccc(Nc3ncc(Br)c(N)n3)c2)C1=O. The molecule has 1 aliphatic heterocycles. The number of carbonyl (C=O) groups excluding carboxylic acids is 1. The summed E-state index contributed by atoms with van der Waals surface area (Å²) in [5.41, 5.74) is 6.99. The number of hydrogen-bond acceptors (Lipinski definition) is 6. The number of rotatable bonds is 3. The molecule has 9 heteroatoms. The topological polar surface area (TPSA) is 108 Å². The molecule has 0 bridgehead atoms. The van der Waals surface area contributed by atoms with Crippen molar-refractivity contribution in [3.63, 3.8) is 0 Å². The first-order valence-corrected chi connectivity index (χ1v) is 7.62. The van der Waals surface area contributed by atoms with Gasteiger partial charge in [-0.25, -0.2) is 9.78 Å². The van der Waals surface area contributed by atoms with E-state index in [2.05, 4.69) is 31.2 Å². The van der Waals surface area contributed by atoms with Gasteiger partial charge in [-0.05, 0) is 34.1 Å². The second kappa shape index (κ2) is 6.01. The highest BCUT2D eigenvalue weighted by molar-refractivity contribution is 9.10. The molecule has 1 saturated heterocycles. The molecule has 0 spiro atoms. The molecule has 4 N–H and O–H groups in total. The van der Waals surface area contributed by atoms with Gasteiger partial charge in [0.2, 0.25) is 5.95 Å². The lowest BCUT2D eigenvalue weighted by Crippen LogP contribution is -2.34. The molecule has 0 radical (unpaired) electrons. The fraction of sp³-hybridized carbons (Fsp3) is 0.214. The summed E-state index contributed by atoms with van der Waals surface area (Å²) in [5, 5.41) is 13.0. The van der Waals surface area contributed by atoms with Gasteiger partial charge in [-0.2, -0.15) is 4.98 Å². The van der Waals surface area contributed by atoms with Crippen molar-refractivity contribution in [1.82, 2.24) is 14.9 Å². The summed E-state index contributed by atoms with van der Waals surface area (Å²) in [7, 11) is 1.64. The summed E-state index contributed by atoms with van der Waals surface area (Å²) in [5.74, 6) is 0.665. The van der Waals surface area contributed by atoms with Crippen LogP contribution >= 0.6 is 15.9 Å². The van der Waals surface area contributed by atoms with E-state index in [9.17, 15) is 9.90 Å². The predicted molar refractivity (Wildman–Crippen MR) is 90.4 cm³/mol. The summed E-state index contributed by atoms with van der Waals surface area (Å²) >= 11 is 3.24. The first-order chi connectivity index (χ1) is 11.0. The molecule has 1 atom stereocenters. The van der Waals surface area contributed by atoms with Crippen LogP contribution in [-0.2, 0) is 0 Å². The van der Waals surface area contributed by atoms with Crippen molar-refractivity contribution in [2.24, 2.45) is 0 Å². The van der Waals surface area contributed by atoms with E-state index >= 15 is 0 Å². The zero-order valence-corrected chi connectivity index (χ0v) is 13.9. The van der Waals surface area contributed by atoms with E-state index in [-0.39, 0.29) is 12.6 Å². The van der Waals surface area contributed by atoms with E-state index in [1.54, 1.807) is 31.4 Å². The molecule has 120 valence electrons. The number of aliphatic hydroxyl groups is 1. The second-order valence-corrected chi connectivity index (χ2v) is 5.97. The van der Waals surface area contributed by atoms with E-state index < -0.39 is 6.23 Å². The average molecular weight is 379 g/mol. The number of β-amino-alcohol motifs (C(OH)–C–C–N with tert-alkyl or cyclic N) is 1. The molecule has 1 fully saturated rings. The quantitative estimate of drug-likeness (QED) is 0.750. The number of nitrogens with two attached hydrogens (primary N) is 1. The molecule has 1 aromatic carbocycles. The van der Waals surface area contributed by atoms with Gasteiger partial charge in [-0.1, -0.05) is 6.07 Å². The van der Waals surface area contributed by atoms with Crippen LogP contribution in [-0.4, -0.2) is 45.8 Å². The minimum absolute atomic E-state index is 0.251. The van der Waals surface area contributed by atoms with Gasteiger partial charge in [0.15, 0.2) is 6.23 Å². The first kappa shape index (κ1) is 15.5. The van der Waals surface area contributed by atoms with Gasteiger partial charge >= 0.3 is 6.03 Å². The van der Waals surface area contributed by atoms with Crippen LogP contribution < -0.4 is 16.0 Å². The Labute approximate surface area is 141 Å². The summed E-state index contributed by atoms with van der Waals surface area (Å²) in [6, 6.07) is 6.82. The Hall–Kier alpha value is -2.39. The van der Waals surface area contributed by atoms with Crippen LogP contribution in [0.15, 0.2) is 34.9 Å². The number of nitrogen functional groups attached to an aromatic ring is 1. The van der Waals surface area contributed by atoms with E-state index in [1.165, 1.54) is 9.80 Å². The van der Waals surface area contributed by atoms with Gasteiger partial charge in [0, 0.05) is 18.9 Å². The van der Waals surface area contributed by atoms with Crippen LogP contribution in [0.3, 0.4) is 0 Å². The zero-order chi connectivity index (χ0) is 16.6. The van der Waals surface area contributed by atoms with Gasteiger partial charge in [0.1, 0.15) is 5.82 Å². The fourth-order valence-electron chi connectivity index (χ4n) is 2.30. The minimum Gasteiger partial charge on any atom is -0.383 e. The van der Waals surface area contributed by atoms with Crippen LogP contribution in [0.4, 0.5) is 27.9 Å². The van der Waals surface area contributed by atoms with Crippen molar-refractivity contribution in [1.29, 1.82) is 0 Å². The number of hydrogen-bond donors (Lipinski definition) is 3. The lowest BCUT2D eigenvalue weighted by atomic mass is 10.2. The Morgan fingerprint density at radius 3 is 2.91 bits per heavy atom. The number of benzene rings is 1. The third kappa shape index (κ3) is 3.06. The molecule has 23 heavy (non-hydrogen) atoms. The number of nitrogens with one attached hydrogen (secondary N) is 1. The number of amides is 2. The third-order valence-corrected chi connectivity index (χ3v) is 4.03. The van der Waals surface area contributed by atoms with Crippen molar-refractivity contribution in [2.45, 2.75) is 6.23 Å². The van der Waals surface area contributed by atoms with Crippen molar-refractivity contribution in [3.8, 4) is 0 Å². The number of anilines is 4. The maximum absolute atomic E-state index is 12.1. The number of halogens is 1. The van der Waals surface area contributed by atoms with Crippen LogP contribution in [0.25, 0.3) is 0 Å². The van der Waals surface area contributed by atoms with E-state index in [1.807, 2.05) is 6.07 Å². The van der Waals surface area contributed by atoms with Gasteiger partial charge in [-0.3, -0.25) is 4.90 Å². The highest BCUT2D eigenvalue weighted by Crippen LogP contribution is 2.27. The van der Waals surface area contributed by atoms with Crippen LogP contribution in [0.1, 0.15) is 0 Å². The molecule has 0 saturated carbocycles. The summed E-state index contributed by atoms with van der Waals surface area (Å²) in [4.78, 5) is 23.1. The van der Waals surface area contributed by atoms with Gasteiger partial charge < -0.3 is 21.1 Å². The highest BCUT2D eigenvalue weighted by Gasteiger charge is 2.34. The van der Waals surface area contributed by atoms with Crippen molar-refractivity contribution in [3.05, 3.63) is 34.9 Å². The second-order valence-electron chi connectivity index (χ2n) is 5.12. The Bertz CT molecular complexity index is 756. The van der Waals surface area contributed by atoms with Gasteiger partial charge in [0.05, 0.1) is 16.7 Å². The molecule has 8 nitrogen and oxygen atoms in total. The number of aromatic nitrogens is 2. The Kier molecular flexibility index (Phi) is 4.05. The smallest absolute Gasteiger partial charge is 0.326 e. The average Bonchev–Trinajstić information content (AvgIpc) is 2.76. The van der Waals surface area contributed by atoms with Crippen LogP contribution in [0.2, 0.25) is 0 Å². The zero-order valence-electron chi connectivity index (χ0n) is 12.3. The lowest BCUT2D eigenvalue weighted by Gasteiger charge is -2.20. The standard InChI is InChI=1S/C14H15BrN6O2/c1-20-7-11(22)21(14(20)23)9-4-2-3-8(5-9)18-13-17-6-10(15)12(16)19-13/h2-6,11,22H,7H2,1H3,(H3,16,17,18,19). The van der Waals surface area contributed by atoms with E-state index in [0.717, 1.165) is 0 Å². The van der Waals surface area contributed by atoms with Gasteiger partial charge in [-0.15, -0.1) is 0 Å². The summed E-state index contributed by atoms with van der Waals surface area (Å²) in [6.07, 6.45) is 0.680. The van der Waals surface area contributed by atoms with Crippen LogP contribution in [0, 0.1) is 0 Å². The molecular formula is C14H15BrN6O2. The molecule has 2 aromatic rings. The molecule has 0 aliphatic carbocycles. The molecule has 3 rings (SSSR count). The molecule has 2 heterocycles. The van der Waals surface area contributed by atoms with Crippen molar-refractivity contribution >= 4 is 45.1 Å². The fourth-order valence-corrected chi connectivity index (χ4v) is 2.49. The number of carbonyl (C=O) groups is 1. The Balaban J connectivity index is 1.85. The minimum atomic E-state index is -0.873. The van der Waals surface area contributed by atoms with Gasteiger partial charge in [0.25, 0.3) is 0 Å². The monoisotopic (exact) mass is 378 g/mol. The predicted octanol–water partition coefficient (Wildman–Crippen LogP) is 1.76. The highest BCUT2D eigenvalue weighted by atomic mass is 79.9. The molecular weight excluding hydrogens is 364 g/mol. The summed E-state index contributed by atoms with van der Waals surface area (Å²) < 4.78 is 0.616. The van der Waals surface area contributed by atoms with E-state index in [0.29, 0.717) is 27.6 Å². The lowest BCUT2D eigenvalue weighted by molar-refractivity contribution is 0.183. The Morgan fingerprint density at radius 2 is 2.26 bits per heavy atom. The number of nitrogens with zero attached hydrogens (tertiary/aromatic N) is 4. The number of aliphatic hydroxyl groups excluding tert-OH is 1. The maximum Gasteiger partial charge on any atom is 0.326 e. The molecule has 1 aliphatic rings. The van der Waals surface area contributed by atoms with E-state index in [4.69, 9.17) is 5.73 Å². The molecule has 1 unspecified atom stereocenters. The Morgan fingerprint density at radius 1 is 1.48 bits per heavy atom. The third-order valence-electron chi connectivity index (χ3n) is 3.42. The van der Waals surface area contributed by atoms with Crippen LogP contribution in [0.5, 0.6) is 0 Å². The maximum atomic E-state index is 12.1. The first-order valence-electron chi connectivity index (χ1n) is 6.83.